The largest absolute Gasteiger partial charge is 0.310 e. The summed E-state index contributed by atoms with van der Waals surface area (Å²) >= 11 is 5.23. The van der Waals surface area contributed by atoms with E-state index in [1.54, 1.807) is 0 Å². The number of hydrogen-bond acceptors (Lipinski definition) is 3. The second-order valence-corrected chi connectivity index (χ2v) is 5.34. The molecule has 0 aliphatic carbocycles. The van der Waals surface area contributed by atoms with Gasteiger partial charge in [0.05, 0.1) is 5.69 Å². The number of aromatic nitrogens is 1. The number of halogens is 1. The number of nitrogens with one attached hydrogen (secondary N) is 1. The van der Waals surface area contributed by atoms with Crippen molar-refractivity contribution in [1.82, 2.24) is 10.3 Å². The lowest BCUT2D eigenvalue weighted by Gasteiger charge is -2.09. The standard InChI is InChI=1S/C10H15BrN2S/c1-8(14-2)5-12-7-10-4-3-9(11)6-13-10/h3-4,6,8,12H,5,7H2,1-2H3. The van der Waals surface area contributed by atoms with E-state index < -0.39 is 0 Å². The molecule has 0 amide bonds. The van der Waals surface area contributed by atoms with Crippen LogP contribution in [0, 0.1) is 0 Å². The Hall–Kier alpha value is -0.0600. The Balaban J connectivity index is 2.28. The molecular formula is C10H15BrN2S. The van der Waals surface area contributed by atoms with Crippen molar-refractivity contribution in [3.63, 3.8) is 0 Å². The van der Waals surface area contributed by atoms with Crippen LogP contribution in [-0.4, -0.2) is 23.0 Å². The van der Waals surface area contributed by atoms with Crippen molar-refractivity contribution in [2.75, 3.05) is 12.8 Å². The highest BCUT2D eigenvalue weighted by Gasteiger charge is 1.98. The summed E-state index contributed by atoms with van der Waals surface area (Å²) in [6.07, 6.45) is 3.96. The van der Waals surface area contributed by atoms with Crippen LogP contribution in [0.5, 0.6) is 0 Å². The maximum atomic E-state index is 4.28. The zero-order valence-electron chi connectivity index (χ0n) is 8.46. The average molecular weight is 275 g/mol. The molecule has 0 aliphatic heterocycles. The highest BCUT2D eigenvalue weighted by Crippen LogP contribution is 2.07. The van der Waals surface area contributed by atoms with Crippen molar-refractivity contribution in [3.05, 3.63) is 28.5 Å². The number of hydrogen-bond donors (Lipinski definition) is 1. The molecule has 0 aromatic carbocycles. The smallest absolute Gasteiger partial charge is 0.0542 e. The molecule has 1 atom stereocenters. The van der Waals surface area contributed by atoms with Gasteiger partial charge < -0.3 is 5.32 Å². The molecule has 0 bridgehead atoms. The van der Waals surface area contributed by atoms with Crippen LogP contribution >= 0.6 is 27.7 Å². The second kappa shape index (κ2) is 6.43. The van der Waals surface area contributed by atoms with Crippen LogP contribution in [0.1, 0.15) is 12.6 Å². The van der Waals surface area contributed by atoms with E-state index in [9.17, 15) is 0 Å². The van der Waals surface area contributed by atoms with Gasteiger partial charge >= 0.3 is 0 Å². The van der Waals surface area contributed by atoms with Crippen LogP contribution in [0.2, 0.25) is 0 Å². The van der Waals surface area contributed by atoms with Crippen molar-refractivity contribution < 1.29 is 0 Å². The third-order valence-electron chi connectivity index (χ3n) is 1.93. The Bertz CT molecular complexity index is 263. The van der Waals surface area contributed by atoms with E-state index in [1.165, 1.54) is 0 Å². The minimum absolute atomic E-state index is 0.658. The van der Waals surface area contributed by atoms with Crippen molar-refractivity contribution in [2.45, 2.75) is 18.7 Å². The first-order chi connectivity index (χ1) is 6.72. The average Bonchev–Trinajstić information content (AvgIpc) is 2.21. The molecule has 78 valence electrons. The summed E-state index contributed by atoms with van der Waals surface area (Å²) in [7, 11) is 0. The molecule has 0 radical (unpaired) electrons. The van der Waals surface area contributed by atoms with Crippen molar-refractivity contribution in [1.29, 1.82) is 0 Å². The molecule has 0 spiro atoms. The molecule has 2 nitrogen and oxygen atoms in total. The lowest BCUT2D eigenvalue weighted by Crippen LogP contribution is -2.22. The zero-order valence-corrected chi connectivity index (χ0v) is 10.9. The lowest BCUT2D eigenvalue weighted by molar-refractivity contribution is 0.672. The normalized spacial score (nSPS) is 12.8. The van der Waals surface area contributed by atoms with Gasteiger partial charge in [-0.05, 0) is 34.3 Å². The molecule has 1 aromatic heterocycles. The Morgan fingerprint density at radius 3 is 2.93 bits per heavy atom. The van der Waals surface area contributed by atoms with E-state index in [4.69, 9.17) is 0 Å². The number of rotatable bonds is 5. The van der Waals surface area contributed by atoms with E-state index in [0.717, 1.165) is 23.3 Å². The molecule has 1 heterocycles. The van der Waals surface area contributed by atoms with E-state index in [-0.39, 0.29) is 0 Å². The van der Waals surface area contributed by atoms with E-state index in [2.05, 4.69) is 39.4 Å². The van der Waals surface area contributed by atoms with Gasteiger partial charge in [-0.15, -0.1) is 0 Å². The Morgan fingerprint density at radius 1 is 1.57 bits per heavy atom. The highest BCUT2D eigenvalue weighted by atomic mass is 79.9. The van der Waals surface area contributed by atoms with Gasteiger partial charge in [0.1, 0.15) is 0 Å². The molecule has 0 fully saturated rings. The minimum Gasteiger partial charge on any atom is -0.310 e. The molecule has 14 heavy (non-hydrogen) atoms. The van der Waals surface area contributed by atoms with Crippen LogP contribution < -0.4 is 5.32 Å². The predicted molar refractivity (Wildman–Crippen MR) is 66.6 cm³/mol. The summed E-state index contributed by atoms with van der Waals surface area (Å²) in [6, 6.07) is 4.04. The quantitative estimate of drug-likeness (QED) is 0.894. The first-order valence-corrected chi connectivity index (χ1v) is 6.64. The maximum absolute atomic E-state index is 4.28. The summed E-state index contributed by atoms with van der Waals surface area (Å²) in [5.41, 5.74) is 1.08. The van der Waals surface area contributed by atoms with Gasteiger partial charge in [-0.1, -0.05) is 6.92 Å². The molecular weight excluding hydrogens is 260 g/mol. The van der Waals surface area contributed by atoms with Gasteiger partial charge in [-0.25, -0.2) is 0 Å². The van der Waals surface area contributed by atoms with Gasteiger partial charge in [0.15, 0.2) is 0 Å². The number of thioether (sulfide) groups is 1. The monoisotopic (exact) mass is 274 g/mol. The summed E-state index contributed by atoms with van der Waals surface area (Å²) < 4.78 is 1.03. The highest BCUT2D eigenvalue weighted by molar-refractivity contribution is 9.10. The summed E-state index contributed by atoms with van der Waals surface area (Å²) in [6.45, 7) is 4.09. The van der Waals surface area contributed by atoms with Gasteiger partial charge in [-0.2, -0.15) is 11.8 Å². The van der Waals surface area contributed by atoms with Crippen LogP contribution in [0.15, 0.2) is 22.8 Å². The Morgan fingerprint density at radius 2 is 2.36 bits per heavy atom. The number of nitrogens with zero attached hydrogens (tertiary/aromatic N) is 1. The van der Waals surface area contributed by atoms with E-state index in [0.29, 0.717) is 5.25 Å². The first kappa shape index (κ1) is 12.0. The summed E-state index contributed by atoms with van der Waals surface area (Å²) in [5, 5.41) is 4.03. The van der Waals surface area contributed by atoms with Crippen LogP contribution in [-0.2, 0) is 6.54 Å². The van der Waals surface area contributed by atoms with E-state index in [1.807, 2.05) is 30.1 Å². The minimum atomic E-state index is 0.658. The summed E-state index contributed by atoms with van der Waals surface area (Å²) in [4.78, 5) is 4.28. The maximum Gasteiger partial charge on any atom is 0.0542 e. The van der Waals surface area contributed by atoms with Gasteiger partial charge in [0, 0.05) is 29.0 Å². The predicted octanol–water partition coefficient (Wildman–Crippen LogP) is 2.69. The first-order valence-electron chi connectivity index (χ1n) is 4.56. The van der Waals surface area contributed by atoms with Crippen molar-refractivity contribution in [2.24, 2.45) is 0 Å². The molecule has 0 saturated heterocycles. The third-order valence-corrected chi connectivity index (χ3v) is 3.37. The molecule has 0 aliphatic rings. The Kier molecular flexibility index (Phi) is 5.52. The van der Waals surface area contributed by atoms with Gasteiger partial charge in [-0.3, -0.25) is 4.98 Å². The van der Waals surface area contributed by atoms with Crippen LogP contribution in [0.3, 0.4) is 0 Å². The molecule has 1 unspecified atom stereocenters. The fourth-order valence-electron chi connectivity index (χ4n) is 0.998. The molecule has 0 saturated carbocycles. The summed E-state index contributed by atoms with van der Waals surface area (Å²) in [5.74, 6) is 0. The number of pyridine rings is 1. The lowest BCUT2D eigenvalue weighted by atomic mass is 10.3. The van der Waals surface area contributed by atoms with Gasteiger partial charge in [0.25, 0.3) is 0 Å². The zero-order chi connectivity index (χ0) is 10.4. The fraction of sp³-hybridized carbons (Fsp3) is 0.500. The SMILES string of the molecule is CSC(C)CNCc1ccc(Br)cn1. The van der Waals surface area contributed by atoms with Crippen molar-refractivity contribution in [3.8, 4) is 0 Å². The van der Waals surface area contributed by atoms with Crippen molar-refractivity contribution >= 4 is 27.7 Å². The van der Waals surface area contributed by atoms with E-state index >= 15 is 0 Å². The molecule has 1 rings (SSSR count). The molecule has 1 N–H and O–H groups in total. The fourth-order valence-corrected chi connectivity index (χ4v) is 1.52. The topological polar surface area (TPSA) is 24.9 Å². The molecule has 1 aromatic rings. The van der Waals surface area contributed by atoms with Crippen LogP contribution in [0.4, 0.5) is 0 Å². The molecule has 4 heteroatoms. The second-order valence-electron chi connectivity index (χ2n) is 3.14. The van der Waals surface area contributed by atoms with Gasteiger partial charge in [0.2, 0.25) is 0 Å². The Labute approximate surface area is 98.0 Å². The van der Waals surface area contributed by atoms with Crippen LogP contribution in [0.25, 0.3) is 0 Å². The third kappa shape index (κ3) is 4.44.